The summed E-state index contributed by atoms with van der Waals surface area (Å²) in [6.45, 7) is 6.89. The predicted molar refractivity (Wildman–Crippen MR) is 64.0 cm³/mol. The van der Waals surface area contributed by atoms with E-state index in [9.17, 15) is 0 Å². The fourth-order valence-corrected chi connectivity index (χ4v) is 1.65. The molecular weight excluding hydrogens is 186 g/mol. The Bertz CT molecular complexity index is 260. The van der Waals surface area contributed by atoms with Crippen LogP contribution in [0.3, 0.4) is 0 Å². The monoisotopic (exact) mass is 207 g/mol. The van der Waals surface area contributed by atoms with Crippen LogP contribution in [0.15, 0.2) is 30.3 Å². The summed E-state index contributed by atoms with van der Waals surface area (Å²) >= 11 is 0. The van der Waals surface area contributed by atoms with Crippen molar-refractivity contribution in [3.8, 4) is 0 Å². The van der Waals surface area contributed by atoms with E-state index in [-0.39, 0.29) is 6.10 Å². The molecule has 2 rings (SSSR count). The molecule has 15 heavy (non-hydrogen) atoms. The molecule has 2 nitrogen and oxygen atoms in total. The maximum Gasteiger partial charge on any atom is 0.0952 e. The van der Waals surface area contributed by atoms with E-state index in [1.807, 2.05) is 19.9 Å². The average molecular weight is 207 g/mol. The van der Waals surface area contributed by atoms with Gasteiger partial charge in [-0.2, -0.15) is 0 Å². The minimum atomic E-state index is 0.264. The summed E-state index contributed by atoms with van der Waals surface area (Å²) in [7, 11) is 2.14. The predicted octanol–water partition coefficient (Wildman–Crippen LogP) is 2.72. The van der Waals surface area contributed by atoms with Gasteiger partial charge in [0.15, 0.2) is 0 Å². The SMILES string of the molecule is CC.CN1CCO[C@@H](c2ccccc2)C1. The second-order valence-electron chi connectivity index (χ2n) is 3.53. The van der Waals surface area contributed by atoms with Gasteiger partial charge in [0.05, 0.1) is 12.7 Å². The third-order valence-corrected chi connectivity index (χ3v) is 2.44. The van der Waals surface area contributed by atoms with Gasteiger partial charge in [0.2, 0.25) is 0 Å². The van der Waals surface area contributed by atoms with Crippen LogP contribution in [-0.2, 0) is 4.74 Å². The first-order valence-corrected chi connectivity index (χ1v) is 5.71. The number of hydrogen-bond donors (Lipinski definition) is 0. The lowest BCUT2D eigenvalue weighted by Crippen LogP contribution is -2.35. The van der Waals surface area contributed by atoms with E-state index in [4.69, 9.17) is 4.74 Å². The largest absolute Gasteiger partial charge is 0.371 e. The molecule has 0 amide bonds. The van der Waals surface area contributed by atoms with E-state index in [1.165, 1.54) is 5.56 Å². The third-order valence-electron chi connectivity index (χ3n) is 2.44. The minimum absolute atomic E-state index is 0.264. The first-order valence-electron chi connectivity index (χ1n) is 5.71. The number of rotatable bonds is 1. The smallest absolute Gasteiger partial charge is 0.0952 e. The third kappa shape index (κ3) is 3.65. The molecule has 2 heteroatoms. The van der Waals surface area contributed by atoms with E-state index in [0.717, 1.165) is 19.7 Å². The Hall–Kier alpha value is -0.860. The lowest BCUT2D eigenvalue weighted by molar-refractivity contribution is -0.0208. The molecule has 1 aliphatic rings. The number of hydrogen-bond acceptors (Lipinski definition) is 2. The maximum atomic E-state index is 5.69. The first kappa shape index (κ1) is 12.2. The fraction of sp³-hybridized carbons (Fsp3) is 0.538. The molecule has 1 atom stereocenters. The number of benzene rings is 1. The molecule has 1 saturated heterocycles. The molecule has 0 saturated carbocycles. The van der Waals surface area contributed by atoms with Crippen molar-refractivity contribution in [1.82, 2.24) is 4.90 Å². The van der Waals surface area contributed by atoms with Gasteiger partial charge in [0.1, 0.15) is 0 Å². The zero-order valence-corrected chi connectivity index (χ0v) is 9.94. The summed E-state index contributed by atoms with van der Waals surface area (Å²) in [5.74, 6) is 0. The van der Waals surface area contributed by atoms with Gasteiger partial charge >= 0.3 is 0 Å². The Morgan fingerprint density at radius 2 is 1.87 bits per heavy atom. The zero-order chi connectivity index (χ0) is 11.1. The van der Waals surface area contributed by atoms with Crippen LogP contribution in [0.1, 0.15) is 25.5 Å². The Balaban J connectivity index is 0.000000531. The molecule has 1 fully saturated rings. The summed E-state index contributed by atoms with van der Waals surface area (Å²) in [6.07, 6.45) is 0.264. The van der Waals surface area contributed by atoms with Crippen molar-refractivity contribution in [2.45, 2.75) is 20.0 Å². The van der Waals surface area contributed by atoms with Crippen molar-refractivity contribution < 1.29 is 4.74 Å². The molecule has 0 aliphatic carbocycles. The number of nitrogens with zero attached hydrogens (tertiary/aromatic N) is 1. The standard InChI is InChI=1S/C11H15NO.C2H6/c1-12-7-8-13-11(9-12)10-5-3-2-4-6-10;1-2/h2-6,11H,7-9H2,1H3;1-2H3/t11-;/m1./s1. The Labute approximate surface area is 92.9 Å². The van der Waals surface area contributed by atoms with Crippen molar-refractivity contribution >= 4 is 0 Å². The molecule has 0 radical (unpaired) electrons. The van der Waals surface area contributed by atoms with E-state index >= 15 is 0 Å². The molecule has 84 valence electrons. The van der Waals surface area contributed by atoms with Crippen LogP contribution in [-0.4, -0.2) is 31.6 Å². The highest BCUT2D eigenvalue weighted by Gasteiger charge is 2.18. The summed E-state index contributed by atoms with van der Waals surface area (Å²) < 4.78 is 5.69. The average Bonchev–Trinajstić information content (AvgIpc) is 2.33. The summed E-state index contributed by atoms with van der Waals surface area (Å²) in [4.78, 5) is 2.31. The Kier molecular flexibility index (Phi) is 5.37. The molecule has 1 aliphatic heterocycles. The van der Waals surface area contributed by atoms with Crippen LogP contribution in [0.2, 0.25) is 0 Å². The summed E-state index contributed by atoms with van der Waals surface area (Å²) in [5.41, 5.74) is 1.29. The molecule has 1 aromatic rings. The molecule has 0 aromatic heterocycles. The molecular formula is C13H21NO. The van der Waals surface area contributed by atoms with Crippen LogP contribution in [0.5, 0.6) is 0 Å². The van der Waals surface area contributed by atoms with Crippen LogP contribution in [0.25, 0.3) is 0 Å². The second-order valence-corrected chi connectivity index (χ2v) is 3.53. The van der Waals surface area contributed by atoms with Gasteiger partial charge < -0.3 is 9.64 Å². The Morgan fingerprint density at radius 3 is 2.47 bits per heavy atom. The molecule has 0 spiro atoms. The van der Waals surface area contributed by atoms with Crippen molar-refractivity contribution in [2.24, 2.45) is 0 Å². The van der Waals surface area contributed by atoms with Gasteiger partial charge in [-0.05, 0) is 12.6 Å². The van der Waals surface area contributed by atoms with Crippen LogP contribution < -0.4 is 0 Å². The quantitative estimate of drug-likeness (QED) is 0.702. The van der Waals surface area contributed by atoms with E-state index in [1.54, 1.807) is 0 Å². The molecule has 1 aromatic carbocycles. The summed E-state index contributed by atoms with van der Waals surface area (Å²) in [5, 5.41) is 0. The number of morpholine rings is 1. The molecule has 0 unspecified atom stereocenters. The van der Waals surface area contributed by atoms with Crippen LogP contribution in [0.4, 0.5) is 0 Å². The van der Waals surface area contributed by atoms with Crippen molar-refractivity contribution in [2.75, 3.05) is 26.7 Å². The van der Waals surface area contributed by atoms with Gasteiger partial charge in [0, 0.05) is 13.1 Å². The van der Waals surface area contributed by atoms with Gasteiger partial charge in [-0.3, -0.25) is 0 Å². The summed E-state index contributed by atoms with van der Waals surface area (Å²) in [6, 6.07) is 10.4. The fourth-order valence-electron chi connectivity index (χ4n) is 1.65. The lowest BCUT2D eigenvalue weighted by atomic mass is 10.1. The van der Waals surface area contributed by atoms with Gasteiger partial charge in [-0.25, -0.2) is 0 Å². The van der Waals surface area contributed by atoms with Crippen molar-refractivity contribution in [3.63, 3.8) is 0 Å². The number of ether oxygens (including phenoxy) is 1. The van der Waals surface area contributed by atoms with Gasteiger partial charge in [0.25, 0.3) is 0 Å². The van der Waals surface area contributed by atoms with Gasteiger partial charge in [-0.1, -0.05) is 44.2 Å². The first-order chi connectivity index (χ1) is 7.36. The normalized spacial score (nSPS) is 21.7. The van der Waals surface area contributed by atoms with E-state index < -0.39 is 0 Å². The highest BCUT2D eigenvalue weighted by atomic mass is 16.5. The topological polar surface area (TPSA) is 12.5 Å². The lowest BCUT2D eigenvalue weighted by Gasteiger charge is -2.30. The van der Waals surface area contributed by atoms with Gasteiger partial charge in [-0.15, -0.1) is 0 Å². The Morgan fingerprint density at radius 1 is 1.20 bits per heavy atom. The number of likely N-dealkylation sites (N-methyl/N-ethyl adjacent to an activating group) is 1. The maximum absolute atomic E-state index is 5.69. The van der Waals surface area contributed by atoms with Crippen LogP contribution in [0, 0.1) is 0 Å². The van der Waals surface area contributed by atoms with Crippen LogP contribution >= 0.6 is 0 Å². The van der Waals surface area contributed by atoms with Crippen molar-refractivity contribution in [1.29, 1.82) is 0 Å². The van der Waals surface area contributed by atoms with Crippen molar-refractivity contribution in [3.05, 3.63) is 35.9 Å². The molecule has 0 bridgehead atoms. The zero-order valence-electron chi connectivity index (χ0n) is 9.94. The van der Waals surface area contributed by atoms with E-state index in [0.29, 0.717) is 0 Å². The minimum Gasteiger partial charge on any atom is -0.371 e. The second kappa shape index (κ2) is 6.59. The molecule has 1 heterocycles. The van der Waals surface area contributed by atoms with E-state index in [2.05, 4.69) is 36.2 Å². The highest BCUT2D eigenvalue weighted by molar-refractivity contribution is 5.18. The highest BCUT2D eigenvalue weighted by Crippen LogP contribution is 2.20. The molecule has 0 N–H and O–H groups in total.